The predicted octanol–water partition coefficient (Wildman–Crippen LogP) is 20.3. The van der Waals surface area contributed by atoms with E-state index < -0.39 is 6.10 Å². The Morgan fingerprint density at radius 2 is 0.549 bits per heavy atom. The molecule has 408 valence electrons. The minimum atomic E-state index is -0.787. The molecule has 0 spiro atoms. The highest BCUT2D eigenvalue weighted by Gasteiger charge is 2.19. The number of rotatable bonds is 54. The quantitative estimate of drug-likeness (QED) is 0.0261. The van der Waals surface area contributed by atoms with Crippen molar-refractivity contribution in [2.45, 2.75) is 297 Å². The SMILES string of the molecule is CC/C=C\C/C=C\C/C=C\C/C=C\C/C=C\C/C=C\CCCCCCC(=O)OCC(COC(=O)CCCCCCCCCCC)OC(=O)CCCCCCCCCCC/C=C\CCCCCCCCCC. The molecule has 0 radical (unpaired) electrons. The number of carbonyl (C=O) groups excluding carboxylic acids is 3. The van der Waals surface area contributed by atoms with Crippen LogP contribution in [0.1, 0.15) is 290 Å². The maximum atomic E-state index is 12.9. The van der Waals surface area contributed by atoms with Crippen LogP contribution < -0.4 is 0 Å². The molecule has 0 saturated carbocycles. The number of carbonyl (C=O) groups is 3. The van der Waals surface area contributed by atoms with Gasteiger partial charge in [-0.25, -0.2) is 0 Å². The lowest BCUT2D eigenvalue weighted by Crippen LogP contribution is -2.30. The van der Waals surface area contributed by atoms with Crippen molar-refractivity contribution in [1.29, 1.82) is 0 Å². The second-order valence-corrected chi connectivity index (χ2v) is 19.9. The molecule has 0 fully saturated rings. The third kappa shape index (κ3) is 57.4. The molecule has 0 N–H and O–H groups in total. The zero-order valence-corrected chi connectivity index (χ0v) is 46.7. The van der Waals surface area contributed by atoms with E-state index in [0.29, 0.717) is 19.3 Å². The first kappa shape index (κ1) is 67.6. The molecular formula is C65H112O6. The van der Waals surface area contributed by atoms with Crippen LogP contribution in [0.15, 0.2) is 85.1 Å². The van der Waals surface area contributed by atoms with Gasteiger partial charge in [-0.15, -0.1) is 0 Å². The highest BCUT2D eigenvalue weighted by Crippen LogP contribution is 2.15. The summed E-state index contributed by atoms with van der Waals surface area (Å²) < 4.78 is 16.8. The summed E-state index contributed by atoms with van der Waals surface area (Å²) in [7, 11) is 0. The van der Waals surface area contributed by atoms with Crippen molar-refractivity contribution in [2.24, 2.45) is 0 Å². The van der Waals surface area contributed by atoms with Crippen molar-refractivity contribution >= 4 is 17.9 Å². The lowest BCUT2D eigenvalue weighted by atomic mass is 10.1. The van der Waals surface area contributed by atoms with Crippen LogP contribution in [-0.2, 0) is 28.6 Å². The van der Waals surface area contributed by atoms with E-state index >= 15 is 0 Å². The first-order valence-electron chi connectivity index (χ1n) is 30.1. The highest BCUT2D eigenvalue weighted by molar-refractivity contribution is 5.71. The van der Waals surface area contributed by atoms with Gasteiger partial charge in [0, 0.05) is 19.3 Å². The van der Waals surface area contributed by atoms with E-state index in [2.05, 4.69) is 106 Å². The molecule has 0 aliphatic rings. The molecule has 0 aliphatic carbocycles. The van der Waals surface area contributed by atoms with Gasteiger partial charge in [-0.1, -0.05) is 260 Å². The Bertz CT molecular complexity index is 1370. The number of allylic oxidation sites excluding steroid dienone is 14. The molecule has 0 amide bonds. The Kier molecular flexibility index (Phi) is 56.3. The highest BCUT2D eigenvalue weighted by atomic mass is 16.6. The maximum Gasteiger partial charge on any atom is 0.306 e. The fourth-order valence-electron chi connectivity index (χ4n) is 8.38. The smallest absolute Gasteiger partial charge is 0.306 e. The summed E-state index contributed by atoms with van der Waals surface area (Å²) in [6.45, 7) is 6.50. The van der Waals surface area contributed by atoms with Gasteiger partial charge in [-0.3, -0.25) is 14.4 Å². The molecule has 0 aromatic carbocycles. The molecular weight excluding hydrogens is 877 g/mol. The van der Waals surface area contributed by atoms with Crippen molar-refractivity contribution in [2.75, 3.05) is 13.2 Å². The van der Waals surface area contributed by atoms with Crippen LogP contribution >= 0.6 is 0 Å². The Hall–Kier alpha value is -3.41. The van der Waals surface area contributed by atoms with Crippen LogP contribution in [0.2, 0.25) is 0 Å². The van der Waals surface area contributed by atoms with E-state index in [0.717, 1.165) is 109 Å². The molecule has 71 heavy (non-hydrogen) atoms. The number of ether oxygens (including phenoxy) is 3. The Balaban J connectivity index is 4.31. The normalized spacial score (nSPS) is 12.7. The molecule has 0 aromatic rings. The Labute approximate surface area is 439 Å². The van der Waals surface area contributed by atoms with Crippen molar-refractivity contribution in [3.63, 3.8) is 0 Å². The fraction of sp³-hybridized carbons (Fsp3) is 0.738. The Morgan fingerprint density at radius 3 is 0.873 bits per heavy atom. The summed E-state index contributed by atoms with van der Waals surface area (Å²) in [6.07, 6.45) is 77.3. The molecule has 0 aromatic heterocycles. The third-order valence-electron chi connectivity index (χ3n) is 12.9. The molecule has 1 atom stereocenters. The van der Waals surface area contributed by atoms with Gasteiger partial charge < -0.3 is 14.2 Å². The third-order valence-corrected chi connectivity index (χ3v) is 12.9. The minimum absolute atomic E-state index is 0.0839. The number of unbranched alkanes of at least 4 members (excludes halogenated alkanes) is 29. The van der Waals surface area contributed by atoms with E-state index in [4.69, 9.17) is 14.2 Å². The van der Waals surface area contributed by atoms with E-state index in [-0.39, 0.29) is 31.1 Å². The van der Waals surface area contributed by atoms with Gasteiger partial charge in [0.25, 0.3) is 0 Å². The van der Waals surface area contributed by atoms with Crippen LogP contribution in [0.5, 0.6) is 0 Å². The van der Waals surface area contributed by atoms with E-state index in [1.165, 1.54) is 141 Å². The zero-order valence-electron chi connectivity index (χ0n) is 46.7. The summed E-state index contributed by atoms with van der Waals surface area (Å²) >= 11 is 0. The average molecular weight is 990 g/mol. The molecule has 1 unspecified atom stereocenters. The van der Waals surface area contributed by atoms with E-state index in [1.54, 1.807) is 0 Å². The lowest BCUT2D eigenvalue weighted by Gasteiger charge is -2.18. The largest absolute Gasteiger partial charge is 0.462 e. The molecule has 0 aliphatic heterocycles. The standard InChI is InChI=1S/C65H112O6/c1-4-7-10-13-16-19-21-23-25-27-29-31-32-34-35-37-39-41-43-46-49-52-55-58-64(67)70-61-62(60-69-63(66)57-54-51-48-45-18-15-12-9-6-3)71-65(68)59-56-53-50-47-44-42-40-38-36-33-30-28-26-24-22-20-17-14-11-8-5-2/h7,10,16,19,23,25,28-31,34-35,39,41,62H,4-6,8-9,11-15,17-18,20-22,24,26-27,32-33,36-38,40,42-61H2,1-3H3/b10-7-,19-16-,25-23-,30-28-,31-29-,35-34-,41-39-. The summed E-state index contributed by atoms with van der Waals surface area (Å²) in [5.41, 5.74) is 0. The van der Waals surface area contributed by atoms with Gasteiger partial charge in [0.15, 0.2) is 6.10 Å². The van der Waals surface area contributed by atoms with Gasteiger partial charge in [-0.2, -0.15) is 0 Å². The summed E-state index contributed by atoms with van der Waals surface area (Å²) in [5, 5.41) is 0. The van der Waals surface area contributed by atoms with Crippen molar-refractivity contribution in [3.05, 3.63) is 85.1 Å². The van der Waals surface area contributed by atoms with Gasteiger partial charge in [0.05, 0.1) is 0 Å². The average Bonchev–Trinajstić information content (AvgIpc) is 3.37. The molecule has 6 nitrogen and oxygen atoms in total. The molecule has 0 bridgehead atoms. The van der Waals surface area contributed by atoms with Gasteiger partial charge in [0.2, 0.25) is 0 Å². The van der Waals surface area contributed by atoms with Crippen molar-refractivity contribution < 1.29 is 28.6 Å². The number of hydrogen-bond donors (Lipinski definition) is 0. The van der Waals surface area contributed by atoms with E-state index in [1.807, 2.05) is 0 Å². The van der Waals surface area contributed by atoms with Crippen LogP contribution in [-0.4, -0.2) is 37.2 Å². The van der Waals surface area contributed by atoms with Crippen LogP contribution in [0.25, 0.3) is 0 Å². The van der Waals surface area contributed by atoms with Gasteiger partial charge in [-0.05, 0) is 96.3 Å². The first-order valence-corrected chi connectivity index (χ1v) is 30.1. The van der Waals surface area contributed by atoms with E-state index in [9.17, 15) is 14.4 Å². The minimum Gasteiger partial charge on any atom is -0.462 e. The molecule has 0 rings (SSSR count). The van der Waals surface area contributed by atoms with Gasteiger partial charge >= 0.3 is 17.9 Å². The number of esters is 3. The van der Waals surface area contributed by atoms with Crippen LogP contribution in [0.3, 0.4) is 0 Å². The van der Waals surface area contributed by atoms with Gasteiger partial charge in [0.1, 0.15) is 13.2 Å². The zero-order chi connectivity index (χ0) is 51.4. The molecule has 0 heterocycles. The summed E-state index contributed by atoms with van der Waals surface area (Å²) in [6, 6.07) is 0. The second-order valence-electron chi connectivity index (χ2n) is 19.9. The topological polar surface area (TPSA) is 78.9 Å². The van der Waals surface area contributed by atoms with Crippen molar-refractivity contribution in [1.82, 2.24) is 0 Å². The van der Waals surface area contributed by atoms with Crippen molar-refractivity contribution in [3.8, 4) is 0 Å². The fourth-order valence-corrected chi connectivity index (χ4v) is 8.38. The second kappa shape index (κ2) is 59.2. The maximum absolute atomic E-state index is 12.9. The predicted molar refractivity (Wildman–Crippen MR) is 307 cm³/mol. The molecule has 0 saturated heterocycles. The van der Waals surface area contributed by atoms with Crippen LogP contribution in [0.4, 0.5) is 0 Å². The monoisotopic (exact) mass is 989 g/mol. The molecule has 6 heteroatoms. The van der Waals surface area contributed by atoms with Crippen LogP contribution in [0, 0.1) is 0 Å². The number of hydrogen-bond acceptors (Lipinski definition) is 6. The lowest BCUT2D eigenvalue weighted by molar-refractivity contribution is -0.167. The summed E-state index contributed by atoms with van der Waals surface area (Å²) in [5.74, 6) is -0.907. The first-order chi connectivity index (χ1) is 35.0. The Morgan fingerprint density at radius 1 is 0.296 bits per heavy atom. The summed E-state index contributed by atoms with van der Waals surface area (Å²) in [4.78, 5) is 38.1.